The number of hydrogen-bond donors (Lipinski definition) is 2. The summed E-state index contributed by atoms with van der Waals surface area (Å²) >= 11 is 0. The number of nitrogens with zero attached hydrogens (tertiary/aromatic N) is 3. The molecule has 0 fully saturated rings. The van der Waals surface area contributed by atoms with Crippen molar-refractivity contribution in [1.29, 1.82) is 0 Å². The highest BCUT2D eigenvalue weighted by Crippen LogP contribution is 2.25. The average Bonchev–Trinajstić information content (AvgIpc) is 3.01. The SMILES string of the molecule is Cc1nc(-c2ccccc2NC(=O)NCc2cccnc2)no1. The van der Waals surface area contributed by atoms with Crippen LogP contribution in [0.2, 0.25) is 0 Å². The normalized spacial score (nSPS) is 10.3. The van der Waals surface area contributed by atoms with Crippen LogP contribution in [-0.4, -0.2) is 21.2 Å². The number of anilines is 1. The third-order valence-corrected chi connectivity index (χ3v) is 3.12. The summed E-state index contributed by atoms with van der Waals surface area (Å²) in [5, 5.41) is 9.45. The van der Waals surface area contributed by atoms with Gasteiger partial charge in [0.05, 0.1) is 5.69 Å². The molecule has 23 heavy (non-hydrogen) atoms. The highest BCUT2D eigenvalue weighted by molar-refractivity contribution is 5.93. The van der Waals surface area contributed by atoms with Crippen molar-refractivity contribution >= 4 is 11.7 Å². The molecule has 0 atom stereocenters. The molecule has 3 aromatic rings. The van der Waals surface area contributed by atoms with Gasteiger partial charge in [-0.3, -0.25) is 4.98 Å². The molecule has 0 saturated carbocycles. The van der Waals surface area contributed by atoms with Crippen molar-refractivity contribution in [3.63, 3.8) is 0 Å². The molecular weight excluding hydrogens is 294 g/mol. The van der Waals surface area contributed by atoms with E-state index in [0.29, 0.717) is 29.5 Å². The van der Waals surface area contributed by atoms with Crippen molar-refractivity contribution in [3.8, 4) is 11.4 Å². The number of rotatable bonds is 4. The van der Waals surface area contributed by atoms with Gasteiger partial charge in [-0.05, 0) is 23.8 Å². The minimum Gasteiger partial charge on any atom is -0.339 e. The molecule has 0 bridgehead atoms. The Morgan fingerprint density at radius 2 is 2.09 bits per heavy atom. The summed E-state index contributed by atoms with van der Waals surface area (Å²) in [6, 6.07) is 10.7. The van der Waals surface area contributed by atoms with Gasteiger partial charge in [-0.2, -0.15) is 4.98 Å². The summed E-state index contributed by atoms with van der Waals surface area (Å²) in [5.41, 5.74) is 2.22. The monoisotopic (exact) mass is 309 g/mol. The Morgan fingerprint density at radius 1 is 1.22 bits per heavy atom. The number of urea groups is 1. The van der Waals surface area contributed by atoms with Crippen LogP contribution >= 0.6 is 0 Å². The Morgan fingerprint density at radius 3 is 2.83 bits per heavy atom. The van der Waals surface area contributed by atoms with E-state index in [9.17, 15) is 4.79 Å². The molecule has 2 aromatic heterocycles. The van der Waals surface area contributed by atoms with Crippen LogP contribution in [0.25, 0.3) is 11.4 Å². The second-order valence-electron chi connectivity index (χ2n) is 4.85. The Bertz CT molecular complexity index is 801. The number of aromatic nitrogens is 3. The Hall–Kier alpha value is -3.22. The van der Waals surface area contributed by atoms with Crippen LogP contribution in [0, 0.1) is 6.92 Å². The van der Waals surface area contributed by atoms with E-state index in [2.05, 4.69) is 25.8 Å². The van der Waals surface area contributed by atoms with Gasteiger partial charge in [0, 0.05) is 31.4 Å². The molecule has 0 spiro atoms. The standard InChI is InChI=1S/C16H15N5O2/c1-11-19-15(21-23-11)13-6-2-3-7-14(13)20-16(22)18-10-12-5-4-8-17-9-12/h2-9H,10H2,1H3,(H2,18,20,22). The van der Waals surface area contributed by atoms with E-state index in [1.54, 1.807) is 25.4 Å². The fourth-order valence-corrected chi connectivity index (χ4v) is 2.05. The van der Waals surface area contributed by atoms with Gasteiger partial charge < -0.3 is 15.2 Å². The van der Waals surface area contributed by atoms with E-state index >= 15 is 0 Å². The van der Waals surface area contributed by atoms with E-state index in [0.717, 1.165) is 5.56 Å². The first-order valence-electron chi connectivity index (χ1n) is 7.06. The molecule has 0 aliphatic heterocycles. The predicted molar refractivity (Wildman–Crippen MR) is 84.6 cm³/mol. The van der Waals surface area contributed by atoms with Crippen molar-refractivity contribution in [2.75, 3.05) is 5.32 Å². The number of benzene rings is 1. The maximum Gasteiger partial charge on any atom is 0.319 e. The fraction of sp³-hybridized carbons (Fsp3) is 0.125. The topological polar surface area (TPSA) is 92.9 Å². The number of carbonyl (C=O) groups excluding carboxylic acids is 1. The quantitative estimate of drug-likeness (QED) is 0.773. The number of aryl methyl sites for hydroxylation is 1. The lowest BCUT2D eigenvalue weighted by atomic mass is 10.1. The first-order chi connectivity index (χ1) is 11.2. The molecule has 116 valence electrons. The maximum absolute atomic E-state index is 12.1. The zero-order valence-electron chi connectivity index (χ0n) is 12.5. The molecule has 1 aromatic carbocycles. The predicted octanol–water partition coefficient (Wildman–Crippen LogP) is 2.76. The lowest BCUT2D eigenvalue weighted by molar-refractivity contribution is 0.251. The molecule has 2 N–H and O–H groups in total. The zero-order valence-corrected chi connectivity index (χ0v) is 12.5. The van der Waals surface area contributed by atoms with Gasteiger partial charge in [-0.25, -0.2) is 4.79 Å². The van der Waals surface area contributed by atoms with Crippen LogP contribution in [-0.2, 0) is 6.54 Å². The van der Waals surface area contributed by atoms with Gasteiger partial charge in [0.1, 0.15) is 0 Å². The van der Waals surface area contributed by atoms with Crippen molar-refractivity contribution in [2.24, 2.45) is 0 Å². The van der Waals surface area contributed by atoms with Crippen LogP contribution in [0.15, 0.2) is 53.3 Å². The molecular formula is C16H15N5O2. The summed E-state index contributed by atoms with van der Waals surface area (Å²) < 4.78 is 4.99. The van der Waals surface area contributed by atoms with E-state index in [1.165, 1.54) is 0 Å². The number of pyridine rings is 1. The largest absolute Gasteiger partial charge is 0.339 e. The summed E-state index contributed by atoms with van der Waals surface area (Å²) in [4.78, 5) is 20.3. The second-order valence-corrected chi connectivity index (χ2v) is 4.85. The molecule has 2 amide bonds. The van der Waals surface area contributed by atoms with Crippen LogP contribution in [0.3, 0.4) is 0 Å². The number of para-hydroxylation sites is 1. The van der Waals surface area contributed by atoms with E-state index < -0.39 is 0 Å². The second kappa shape index (κ2) is 6.69. The third kappa shape index (κ3) is 3.70. The smallest absolute Gasteiger partial charge is 0.319 e. The van der Waals surface area contributed by atoms with Crippen molar-refractivity contribution in [1.82, 2.24) is 20.4 Å². The lowest BCUT2D eigenvalue weighted by Crippen LogP contribution is -2.28. The molecule has 0 saturated heterocycles. The van der Waals surface area contributed by atoms with Crippen LogP contribution in [0.4, 0.5) is 10.5 Å². The van der Waals surface area contributed by atoms with Crippen molar-refractivity contribution < 1.29 is 9.32 Å². The fourth-order valence-electron chi connectivity index (χ4n) is 2.05. The highest BCUT2D eigenvalue weighted by atomic mass is 16.5. The summed E-state index contributed by atoms with van der Waals surface area (Å²) in [7, 11) is 0. The Balaban J connectivity index is 1.69. The Kier molecular flexibility index (Phi) is 4.28. The minimum atomic E-state index is -0.318. The molecule has 0 aliphatic rings. The van der Waals surface area contributed by atoms with Crippen molar-refractivity contribution in [3.05, 3.63) is 60.2 Å². The van der Waals surface area contributed by atoms with Gasteiger partial charge >= 0.3 is 6.03 Å². The summed E-state index contributed by atoms with van der Waals surface area (Å²) in [6.07, 6.45) is 3.39. The molecule has 7 nitrogen and oxygen atoms in total. The van der Waals surface area contributed by atoms with E-state index in [-0.39, 0.29) is 6.03 Å². The van der Waals surface area contributed by atoms with Crippen LogP contribution in [0.5, 0.6) is 0 Å². The maximum atomic E-state index is 12.1. The third-order valence-electron chi connectivity index (χ3n) is 3.12. The average molecular weight is 309 g/mol. The number of amides is 2. The first kappa shape index (κ1) is 14.7. The Labute approximate surface area is 132 Å². The number of hydrogen-bond acceptors (Lipinski definition) is 5. The van der Waals surface area contributed by atoms with E-state index in [4.69, 9.17) is 4.52 Å². The van der Waals surface area contributed by atoms with Crippen LogP contribution < -0.4 is 10.6 Å². The van der Waals surface area contributed by atoms with Gasteiger partial charge in [-0.1, -0.05) is 23.4 Å². The molecule has 2 heterocycles. The van der Waals surface area contributed by atoms with Gasteiger partial charge in [-0.15, -0.1) is 0 Å². The van der Waals surface area contributed by atoms with Crippen molar-refractivity contribution in [2.45, 2.75) is 13.5 Å². The van der Waals surface area contributed by atoms with Gasteiger partial charge in [0.25, 0.3) is 0 Å². The highest BCUT2D eigenvalue weighted by Gasteiger charge is 2.12. The first-order valence-corrected chi connectivity index (χ1v) is 7.06. The van der Waals surface area contributed by atoms with Gasteiger partial charge in [0.15, 0.2) is 0 Å². The minimum absolute atomic E-state index is 0.318. The number of carbonyl (C=O) groups is 1. The number of nitrogens with one attached hydrogen (secondary N) is 2. The van der Waals surface area contributed by atoms with Crippen LogP contribution in [0.1, 0.15) is 11.5 Å². The molecule has 0 aliphatic carbocycles. The zero-order chi connectivity index (χ0) is 16.1. The molecule has 7 heteroatoms. The molecule has 0 radical (unpaired) electrons. The lowest BCUT2D eigenvalue weighted by Gasteiger charge is -2.10. The molecule has 3 rings (SSSR count). The van der Waals surface area contributed by atoms with E-state index in [1.807, 2.05) is 30.3 Å². The summed E-state index contributed by atoms with van der Waals surface area (Å²) in [6.45, 7) is 2.11. The summed E-state index contributed by atoms with van der Waals surface area (Å²) in [5.74, 6) is 0.904. The van der Waals surface area contributed by atoms with Gasteiger partial charge in [0.2, 0.25) is 11.7 Å². The molecule has 0 unspecified atom stereocenters.